The van der Waals surface area contributed by atoms with E-state index in [0.717, 1.165) is 0 Å². The Morgan fingerprint density at radius 1 is 1.89 bits per heavy atom. The number of alkyl halides is 1. The molecule has 0 aromatic heterocycles. The van der Waals surface area contributed by atoms with Crippen LogP contribution in [0.4, 0.5) is 4.39 Å². The van der Waals surface area contributed by atoms with Crippen LogP contribution in [0.15, 0.2) is 0 Å². The van der Waals surface area contributed by atoms with Crippen molar-refractivity contribution >= 4 is 5.97 Å². The first-order valence-electron chi connectivity index (χ1n) is 2.97. The van der Waals surface area contributed by atoms with Gasteiger partial charge in [-0.1, -0.05) is 0 Å². The maximum absolute atomic E-state index is 12.0. The molecule has 0 N–H and O–H groups in total. The van der Waals surface area contributed by atoms with E-state index in [-0.39, 0.29) is 18.5 Å². The fraction of sp³-hybridized carbons (Fsp3) is 0.833. The van der Waals surface area contributed by atoms with E-state index in [9.17, 15) is 9.18 Å². The van der Waals surface area contributed by atoms with Gasteiger partial charge in [0.05, 0.1) is 6.61 Å². The van der Waals surface area contributed by atoms with Crippen LogP contribution in [0.25, 0.3) is 0 Å². The highest BCUT2D eigenvalue weighted by Crippen LogP contribution is 2.33. The third-order valence-electron chi connectivity index (χ3n) is 1.34. The summed E-state index contributed by atoms with van der Waals surface area (Å²) >= 11 is 0. The van der Waals surface area contributed by atoms with Gasteiger partial charge in [-0.3, -0.25) is 4.79 Å². The fourth-order valence-corrected chi connectivity index (χ4v) is 0.607. The normalized spacial score (nSPS) is 31.8. The van der Waals surface area contributed by atoms with Gasteiger partial charge in [-0.05, 0) is 6.42 Å². The predicted molar refractivity (Wildman–Crippen MR) is 29.6 cm³/mol. The smallest absolute Gasteiger partial charge is 0.302 e. The van der Waals surface area contributed by atoms with Gasteiger partial charge in [0.25, 0.3) is 0 Å². The minimum atomic E-state index is -0.718. The first kappa shape index (κ1) is 6.52. The second-order valence-electron chi connectivity index (χ2n) is 2.31. The molecule has 0 aliphatic heterocycles. The lowest BCUT2D eigenvalue weighted by Crippen LogP contribution is -2.02. The molecule has 52 valence electrons. The van der Waals surface area contributed by atoms with Crippen molar-refractivity contribution in [3.05, 3.63) is 0 Å². The van der Waals surface area contributed by atoms with Gasteiger partial charge in [0.2, 0.25) is 0 Å². The van der Waals surface area contributed by atoms with Crippen molar-refractivity contribution in [2.45, 2.75) is 19.5 Å². The summed E-state index contributed by atoms with van der Waals surface area (Å²) in [7, 11) is 0. The molecule has 1 aliphatic rings. The molecular formula is C6H9FO2. The molecule has 1 fully saturated rings. The lowest BCUT2D eigenvalue weighted by atomic mass is 10.5. The highest BCUT2D eigenvalue weighted by atomic mass is 19.1. The molecule has 3 heteroatoms. The lowest BCUT2D eigenvalue weighted by Gasteiger charge is -1.96. The summed E-state index contributed by atoms with van der Waals surface area (Å²) < 4.78 is 16.6. The Bertz CT molecular complexity index is 124. The number of halogens is 1. The van der Waals surface area contributed by atoms with Gasteiger partial charge < -0.3 is 4.74 Å². The van der Waals surface area contributed by atoms with Crippen molar-refractivity contribution in [3.8, 4) is 0 Å². The Morgan fingerprint density at radius 2 is 2.44 bits per heavy atom. The number of carbonyl (C=O) groups excluding carboxylic acids is 1. The largest absolute Gasteiger partial charge is 0.465 e. The van der Waals surface area contributed by atoms with Gasteiger partial charge in [-0.25, -0.2) is 4.39 Å². The van der Waals surface area contributed by atoms with Crippen molar-refractivity contribution in [2.75, 3.05) is 6.61 Å². The maximum atomic E-state index is 12.0. The zero-order valence-corrected chi connectivity index (χ0v) is 5.26. The molecule has 1 saturated carbocycles. The minimum Gasteiger partial charge on any atom is -0.465 e. The molecule has 0 heterocycles. The zero-order valence-electron chi connectivity index (χ0n) is 5.26. The molecule has 2 nitrogen and oxygen atoms in total. The number of hydrogen-bond donors (Lipinski definition) is 0. The summed E-state index contributed by atoms with van der Waals surface area (Å²) in [5.74, 6) is -0.331. The van der Waals surface area contributed by atoms with E-state index in [1.54, 1.807) is 0 Å². The van der Waals surface area contributed by atoms with Crippen LogP contribution < -0.4 is 0 Å². The minimum absolute atomic E-state index is 0.00565. The number of esters is 1. The number of ether oxygens (including phenoxy) is 1. The number of hydrogen-bond acceptors (Lipinski definition) is 2. The molecule has 0 amide bonds. The average Bonchev–Trinajstić information content (AvgIpc) is 2.42. The average molecular weight is 132 g/mol. The highest BCUT2D eigenvalue weighted by Gasteiger charge is 2.38. The van der Waals surface area contributed by atoms with E-state index in [2.05, 4.69) is 4.74 Å². The summed E-state index contributed by atoms with van der Waals surface area (Å²) in [6.45, 7) is 1.59. The van der Waals surface area contributed by atoms with Gasteiger partial charge in [-0.15, -0.1) is 0 Å². The predicted octanol–water partition coefficient (Wildman–Crippen LogP) is 0.908. The second-order valence-corrected chi connectivity index (χ2v) is 2.31. The first-order chi connectivity index (χ1) is 4.20. The monoisotopic (exact) mass is 132 g/mol. The summed E-state index contributed by atoms with van der Waals surface area (Å²) in [4.78, 5) is 10.1. The van der Waals surface area contributed by atoms with E-state index < -0.39 is 6.17 Å². The van der Waals surface area contributed by atoms with Crippen molar-refractivity contribution in [3.63, 3.8) is 0 Å². The van der Waals surface area contributed by atoms with E-state index in [4.69, 9.17) is 0 Å². The fourth-order valence-electron chi connectivity index (χ4n) is 0.607. The molecule has 0 radical (unpaired) electrons. The molecule has 1 aliphatic carbocycles. The summed E-state index contributed by atoms with van der Waals surface area (Å²) in [5, 5.41) is 0. The highest BCUT2D eigenvalue weighted by molar-refractivity contribution is 5.65. The molecule has 9 heavy (non-hydrogen) atoms. The van der Waals surface area contributed by atoms with E-state index in [1.807, 2.05) is 0 Å². The van der Waals surface area contributed by atoms with Crippen molar-refractivity contribution in [2.24, 2.45) is 5.92 Å². The summed E-state index contributed by atoms with van der Waals surface area (Å²) in [6, 6.07) is 0. The molecule has 1 rings (SSSR count). The van der Waals surface area contributed by atoms with Gasteiger partial charge in [-0.2, -0.15) is 0 Å². The topological polar surface area (TPSA) is 26.3 Å². The van der Waals surface area contributed by atoms with Crippen molar-refractivity contribution in [1.29, 1.82) is 0 Å². The van der Waals surface area contributed by atoms with Gasteiger partial charge in [0, 0.05) is 12.8 Å². The molecule has 0 spiro atoms. The van der Waals surface area contributed by atoms with E-state index in [1.165, 1.54) is 6.92 Å². The molecule has 2 atom stereocenters. The van der Waals surface area contributed by atoms with Crippen LogP contribution in [0.5, 0.6) is 0 Å². The summed E-state index contributed by atoms with van der Waals surface area (Å²) in [5.41, 5.74) is 0. The second kappa shape index (κ2) is 2.33. The van der Waals surface area contributed by atoms with Gasteiger partial charge in [0.15, 0.2) is 0 Å². The molecule has 2 unspecified atom stereocenters. The zero-order chi connectivity index (χ0) is 6.85. The Labute approximate surface area is 53.0 Å². The summed E-state index contributed by atoms with van der Waals surface area (Å²) in [6.07, 6.45) is -0.155. The maximum Gasteiger partial charge on any atom is 0.302 e. The van der Waals surface area contributed by atoms with Gasteiger partial charge in [0.1, 0.15) is 6.17 Å². The van der Waals surface area contributed by atoms with Crippen LogP contribution in [-0.4, -0.2) is 18.7 Å². The first-order valence-corrected chi connectivity index (χ1v) is 2.97. The number of rotatable bonds is 2. The van der Waals surface area contributed by atoms with Crippen LogP contribution in [0, 0.1) is 5.92 Å². The van der Waals surface area contributed by atoms with Gasteiger partial charge >= 0.3 is 5.97 Å². The lowest BCUT2D eigenvalue weighted by molar-refractivity contribution is -0.141. The SMILES string of the molecule is CC(=O)OCC1CC1F. The molecule has 0 aromatic carbocycles. The third-order valence-corrected chi connectivity index (χ3v) is 1.34. The third kappa shape index (κ3) is 2.00. The van der Waals surface area contributed by atoms with Crippen LogP contribution in [0.3, 0.4) is 0 Å². The Morgan fingerprint density at radius 3 is 2.78 bits per heavy atom. The quantitative estimate of drug-likeness (QED) is 0.522. The molecule has 0 aromatic rings. The van der Waals surface area contributed by atoms with E-state index >= 15 is 0 Å². The molecule has 0 saturated heterocycles. The van der Waals surface area contributed by atoms with Crippen molar-refractivity contribution < 1.29 is 13.9 Å². The standard InChI is InChI=1S/C6H9FO2/c1-4(8)9-3-5-2-6(5)7/h5-6H,2-3H2,1H3. The van der Waals surface area contributed by atoms with E-state index in [0.29, 0.717) is 6.42 Å². The molecular weight excluding hydrogens is 123 g/mol. The number of carbonyl (C=O) groups is 1. The Kier molecular flexibility index (Phi) is 1.69. The van der Waals surface area contributed by atoms with Crippen LogP contribution >= 0.6 is 0 Å². The van der Waals surface area contributed by atoms with Crippen LogP contribution in [-0.2, 0) is 9.53 Å². The van der Waals surface area contributed by atoms with Crippen LogP contribution in [0.2, 0.25) is 0 Å². The van der Waals surface area contributed by atoms with Crippen LogP contribution in [0.1, 0.15) is 13.3 Å². The van der Waals surface area contributed by atoms with Crippen molar-refractivity contribution in [1.82, 2.24) is 0 Å². The molecule has 0 bridgehead atoms. The Hall–Kier alpha value is -0.600. The Balaban J connectivity index is 2.00.